The molecule has 4 heteroatoms. The van der Waals surface area contributed by atoms with Crippen LogP contribution in [0.5, 0.6) is 0 Å². The molecule has 0 aromatic carbocycles. The first-order valence-corrected chi connectivity index (χ1v) is 12.4. The van der Waals surface area contributed by atoms with Crippen molar-refractivity contribution in [1.82, 2.24) is 15.4 Å². The maximum absolute atomic E-state index is 5.65. The summed E-state index contributed by atoms with van der Waals surface area (Å²) in [6.45, 7) is 11.9. The molecule has 1 saturated carbocycles. The predicted molar refractivity (Wildman–Crippen MR) is 130 cm³/mol. The van der Waals surface area contributed by atoms with Crippen LogP contribution in [0.1, 0.15) is 102 Å². The normalized spacial score (nSPS) is 23.8. The van der Waals surface area contributed by atoms with E-state index in [0.29, 0.717) is 5.92 Å². The lowest BCUT2D eigenvalue weighted by Crippen LogP contribution is -2.36. The van der Waals surface area contributed by atoms with Crippen LogP contribution in [0.15, 0.2) is 16.7 Å². The van der Waals surface area contributed by atoms with Gasteiger partial charge in [-0.15, -0.1) is 0 Å². The summed E-state index contributed by atoms with van der Waals surface area (Å²) in [5, 5.41) is 7.91. The first kappa shape index (κ1) is 24.9. The van der Waals surface area contributed by atoms with Crippen LogP contribution in [0.4, 0.5) is 0 Å². The maximum atomic E-state index is 5.65. The Morgan fingerprint density at radius 1 is 1.07 bits per heavy atom. The van der Waals surface area contributed by atoms with Crippen LogP contribution >= 0.6 is 0 Å². The van der Waals surface area contributed by atoms with E-state index in [1.807, 2.05) is 32.9 Å². The fourth-order valence-electron chi connectivity index (χ4n) is 4.83. The first-order valence-electron chi connectivity index (χ1n) is 12.4. The summed E-state index contributed by atoms with van der Waals surface area (Å²) >= 11 is 0. The summed E-state index contributed by atoms with van der Waals surface area (Å²) in [6, 6.07) is 0.762. The van der Waals surface area contributed by atoms with Crippen molar-refractivity contribution < 1.29 is 4.52 Å². The van der Waals surface area contributed by atoms with E-state index < -0.39 is 0 Å². The number of piperidine rings is 1. The molecule has 2 fully saturated rings. The van der Waals surface area contributed by atoms with Crippen molar-refractivity contribution in [2.24, 2.45) is 5.92 Å². The zero-order valence-corrected chi connectivity index (χ0v) is 20.1. The molecule has 1 N–H and O–H groups in total. The van der Waals surface area contributed by atoms with Crippen LogP contribution in [-0.4, -0.2) is 42.8 Å². The van der Waals surface area contributed by atoms with Crippen molar-refractivity contribution in [1.29, 1.82) is 0 Å². The second-order valence-electron chi connectivity index (χ2n) is 8.57. The highest BCUT2D eigenvalue weighted by Crippen LogP contribution is 2.33. The fourth-order valence-corrected chi connectivity index (χ4v) is 4.83. The van der Waals surface area contributed by atoms with Gasteiger partial charge >= 0.3 is 0 Å². The summed E-state index contributed by atoms with van der Waals surface area (Å²) in [5.41, 5.74) is 2.36. The van der Waals surface area contributed by atoms with Crippen LogP contribution < -0.4 is 5.32 Å². The van der Waals surface area contributed by atoms with E-state index >= 15 is 0 Å². The van der Waals surface area contributed by atoms with Gasteiger partial charge in [-0.25, -0.2) is 0 Å². The molecule has 0 spiro atoms. The van der Waals surface area contributed by atoms with Gasteiger partial charge in [-0.2, -0.15) is 0 Å². The summed E-state index contributed by atoms with van der Waals surface area (Å²) in [7, 11) is 2.11. The molecule has 2 heterocycles. The molecule has 1 saturated heterocycles. The minimum absolute atomic E-state index is 0.529. The first-order chi connectivity index (χ1) is 14.7. The number of rotatable bonds is 8. The third kappa shape index (κ3) is 7.09. The van der Waals surface area contributed by atoms with Crippen LogP contribution in [0.3, 0.4) is 0 Å². The van der Waals surface area contributed by atoms with E-state index in [4.69, 9.17) is 4.52 Å². The molecule has 1 aromatic heterocycles. The third-order valence-corrected chi connectivity index (χ3v) is 6.70. The average Bonchev–Trinajstić information content (AvgIpc) is 3.21. The van der Waals surface area contributed by atoms with Gasteiger partial charge in [-0.05, 0) is 97.0 Å². The van der Waals surface area contributed by atoms with Gasteiger partial charge in [0.1, 0.15) is 0 Å². The number of hydrogen-bond acceptors (Lipinski definition) is 4. The van der Waals surface area contributed by atoms with Gasteiger partial charge in [0.25, 0.3) is 0 Å². The lowest BCUT2D eigenvalue weighted by atomic mass is 9.84. The molecule has 4 nitrogen and oxygen atoms in total. The van der Waals surface area contributed by atoms with Gasteiger partial charge < -0.3 is 14.7 Å². The zero-order chi connectivity index (χ0) is 21.8. The molecule has 1 aliphatic heterocycles. The van der Waals surface area contributed by atoms with Crippen LogP contribution in [0, 0.1) is 5.92 Å². The minimum Gasteiger partial charge on any atom is -0.356 e. The summed E-state index contributed by atoms with van der Waals surface area (Å²) in [4.78, 5) is 2.68. The van der Waals surface area contributed by atoms with Gasteiger partial charge in [0.15, 0.2) is 5.76 Å². The van der Waals surface area contributed by atoms with E-state index in [9.17, 15) is 0 Å². The Kier molecular flexibility index (Phi) is 11.5. The Hall–Kier alpha value is -1.39. The molecule has 170 valence electrons. The van der Waals surface area contributed by atoms with Crippen LogP contribution in [-0.2, 0) is 0 Å². The number of nitrogens with one attached hydrogen (secondary N) is 1. The zero-order valence-electron chi connectivity index (χ0n) is 20.1. The standard InChI is InChI=1S/C24H39N3O.C2H6/c1-4-6-8-22-23(7-5-2)28-26-24(22)20-14-17-27(18-15-20)16-13-19-9-11-21(25-3)12-10-19;1-2/h5-8,19-21,25H,4,9-18H2,1-3H3;1-2H3/b7-5-,8-6-;. The van der Waals surface area contributed by atoms with E-state index in [-0.39, 0.29) is 0 Å². The molecular weight excluding hydrogens is 370 g/mol. The third-order valence-electron chi connectivity index (χ3n) is 6.70. The minimum atomic E-state index is 0.529. The molecule has 0 amide bonds. The lowest BCUT2D eigenvalue weighted by Gasteiger charge is -2.34. The van der Waals surface area contributed by atoms with Crippen molar-refractivity contribution in [3.63, 3.8) is 0 Å². The number of nitrogens with zero attached hydrogens (tertiary/aromatic N) is 2. The van der Waals surface area contributed by atoms with Crippen molar-refractivity contribution in [3.8, 4) is 0 Å². The topological polar surface area (TPSA) is 41.3 Å². The molecule has 0 bridgehead atoms. The molecule has 1 aliphatic carbocycles. The van der Waals surface area contributed by atoms with Crippen molar-refractivity contribution >= 4 is 12.2 Å². The second-order valence-corrected chi connectivity index (χ2v) is 8.57. The Bertz CT molecular complexity index is 633. The Morgan fingerprint density at radius 3 is 2.37 bits per heavy atom. The van der Waals surface area contributed by atoms with Crippen molar-refractivity contribution in [3.05, 3.63) is 29.2 Å². The fraction of sp³-hybridized carbons (Fsp3) is 0.731. The summed E-state index contributed by atoms with van der Waals surface area (Å²) < 4.78 is 5.65. The number of allylic oxidation sites excluding steroid dienone is 2. The molecule has 1 aromatic rings. The molecule has 0 unspecified atom stereocenters. The highest BCUT2D eigenvalue weighted by atomic mass is 16.5. The SMILES string of the molecule is C/C=C\c1onc(C2CCN(CCC3CCC(NC)CC3)CC2)c1/C=C\CC.CC. The Labute approximate surface area is 185 Å². The van der Waals surface area contributed by atoms with Gasteiger partial charge in [0.2, 0.25) is 0 Å². The predicted octanol–water partition coefficient (Wildman–Crippen LogP) is 6.50. The van der Waals surface area contributed by atoms with Crippen LogP contribution in [0.2, 0.25) is 0 Å². The maximum Gasteiger partial charge on any atom is 0.166 e. The number of aromatic nitrogens is 1. The molecule has 30 heavy (non-hydrogen) atoms. The molecule has 3 rings (SSSR count). The van der Waals surface area contributed by atoms with Gasteiger partial charge in [0, 0.05) is 17.5 Å². The van der Waals surface area contributed by atoms with E-state index in [2.05, 4.69) is 41.5 Å². The second kappa shape index (κ2) is 13.8. The monoisotopic (exact) mass is 415 g/mol. The van der Waals surface area contributed by atoms with Gasteiger partial charge in [0.05, 0.1) is 5.69 Å². The molecule has 0 radical (unpaired) electrons. The molecule has 0 atom stereocenters. The highest BCUT2D eigenvalue weighted by molar-refractivity contribution is 5.63. The van der Waals surface area contributed by atoms with Gasteiger partial charge in [-0.3, -0.25) is 0 Å². The largest absolute Gasteiger partial charge is 0.356 e. The lowest BCUT2D eigenvalue weighted by molar-refractivity contribution is 0.182. The number of likely N-dealkylation sites (tertiary alicyclic amines) is 1. The van der Waals surface area contributed by atoms with Gasteiger partial charge in [-0.1, -0.05) is 44.2 Å². The van der Waals surface area contributed by atoms with E-state index in [0.717, 1.165) is 24.1 Å². The molecular formula is C26H45N3O. The molecule has 2 aliphatic rings. The smallest absolute Gasteiger partial charge is 0.166 e. The Balaban J connectivity index is 0.00000155. The number of hydrogen-bond donors (Lipinski definition) is 1. The summed E-state index contributed by atoms with van der Waals surface area (Å²) in [5.74, 6) is 2.37. The highest BCUT2D eigenvalue weighted by Gasteiger charge is 2.27. The van der Waals surface area contributed by atoms with Crippen molar-refractivity contribution in [2.45, 2.75) is 91.0 Å². The van der Waals surface area contributed by atoms with Crippen LogP contribution in [0.25, 0.3) is 12.2 Å². The summed E-state index contributed by atoms with van der Waals surface area (Å²) in [6.07, 6.45) is 18.8. The average molecular weight is 416 g/mol. The quantitative estimate of drug-likeness (QED) is 0.526. The van der Waals surface area contributed by atoms with E-state index in [1.54, 1.807) is 0 Å². The van der Waals surface area contributed by atoms with E-state index in [1.165, 1.54) is 75.8 Å². The Morgan fingerprint density at radius 2 is 1.77 bits per heavy atom. The van der Waals surface area contributed by atoms with Crippen molar-refractivity contribution in [2.75, 3.05) is 26.7 Å².